The first-order valence-electron chi connectivity index (χ1n) is 5.65. The molecule has 8 heteroatoms. The maximum atomic E-state index is 11.7. The summed E-state index contributed by atoms with van der Waals surface area (Å²) in [5.74, 6) is -2.21. The van der Waals surface area contributed by atoms with Crippen molar-refractivity contribution in [2.75, 3.05) is 12.4 Å². The Morgan fingerprint density at radius 2 is 2.05 bits per heavy atom. The normalized spacial score (nSPS) is 11.6. The van der Waals surface area contributed by atoms with Crippen LogP contribution in [0.5, 0.6) is 0 Å². The predicted molar refractivity (Wildman–Crippen MR) is 73.7 cm³/mol. The summed E-state index contributed by atoms with van der Waals surface area (Å²) >= 11 is 5.90. The number of nitrogens with two attached hydrogens (primary N) is 1. The third-order valence-electron chi connectivity index (χ3n) is 2.44. The molecule has 0 heterocycles. The van der Waals surface area contributed by atoms with Crippen LogP contribution in [0.1, 0.15) is 16.8 Å². The van der Waals surface area contributed by atoms with Gasteiger partial charge >= 0.3 is 5.97 Å². The fourth-order valence-electron chi connectivity index (χ4n) is 1.41. The second-order valence-electron chi connectivity index (χ2n) is 3.97. The maximum absolute atomic E-state index is 11.7. The Labute approximate surface area is 120 Å². The highest BCUT2D eigenvalue weighted by Crippen LogP contribution is 2.23. The number of carboxylic acids is 1. The summed E-state index contributed by atoms with van der Waals surface area (Å²) in [5.41, 5.74) is 5.92. The van der Waals surface area contributed by atoms with Gasteiger partial charge in [0.15, 0.2) is 0 Å². The number of hydrogen-bond donors (Lipinski definition) is 4. The van der Waals surface area contributed by atoms with Gasteiger partial charge in [0.2, 0.25) is 5.91 Å². The van der Waals surface area contributed by atoms with Gasteiger partial charge in [-0.05, 0) is 18.2 Å². The van der Waals surface area contributed by atoms with Gasteiger partial charge in [0.25, 0.3) is 5.91 Å². The predicted octanol–water partition coefficient (Wildman–Crippen LogP) is 0.440. The molecule has 0 bridgehead atoms. The minimum Gasteiger partial charge on any atom is -0.481 e. The molecule has 108 valence electrons. The van der Waals surface area contributed by atoms with Crippen LogP contribution in [-0.4, -0.2) is 36.0 Å². The fraction of sp³-hybridized carbons (Fsp3) is 0.250. The van der Waals surface area contributed by atoms with Crippen molar-refractivity contribution >= 4 is 35.1 Å². The van der Waals surface area contributed by atoms with Crippen LogP contribution in [0.2, 0.25) is 5.02 Å². The summed E-state index contributed by atoms with van der Waals surface area (Å²) in [7, 11) is 1.47. The molecule has 20 heavy (non-hydrogen) atoms. The van der Waals surface area contributed by atoms with E-state index in [1.54, 1.807) is 0 Å². The Morgan fingerprint density at radius 1 is 1.40 bits per heavy atom. The molecule has 0 aliphatic heterocycles. The van der Waals surface area contributed by atoms with E-state index in [0.717, 1.165) is 0 Å². The summed E-state index contributed by atoms with van der Waals surface area (Å²) in [6.45, 7) is 0. The van der Waals surface area contributed by atoms with Crippen LogP contribution in [-0.2, 0) is 9.59 Å². The first-order valence-corrected chi connectivity index (χ1v) is 6.02. The van der Waals surface area contributed by atoms with Gasteiger partial charge < -0.3 is 21.5 Å². The number of nitrogens with one attached hydrogen (secondary N) is 2. The van der Waals surface area contributed by atoms with E-state index >= 15 is 0 Å². The molecule has 0 saturated heterocycles. The van der Waals surface area contributed by atoms with Crippen LogP contribution in [0.25, 0.3) is 0 Å². The monoisotopic (exact) mass is 299 g/mol. The van der Waals surface area contributed by atoms with Gasteiger partial charge in [0, 0.05) is 12.6 Å². The molecular formula is C12H14ClN3O4. The highest BCUT2D eigenvalue weighted by Gasteiger charge is 2.18. The van der Waals surface area contributed by atoms with Crippen LogP contribution < -0.4 is 16.4 Å². The highest BCUT2D eigenvalue weighted by molar-refractivity contribution is 6.34. The topological polar surface area (TPSA) is 122 Å². The zero-order valence-corrected chi connectivity index (χ0v) is 11.4. The molecule has 5 N–H and O–H groups in total. The lowest BCUT2D eigenvalue weighted by molar-refractivity contribution is -0.138. The van der Waals surface area contributed by atoms with Gasteiger partial charge in [-0.1, -0.05) is 11.6 Å². The van der Waals surface area contributed by atoms with Crippen LogP contribution in [0, 0.1) is 0 Å². The number of benzene rings is 1. The van der Waals surface area contributed by atoms with Crippen molar-refractivity contribution in [3.8, 4) is 0 Å². The summed E-state index contributed by atoms with van der Waals surface area (Å²) in [5, 5.41) is 13.6. The lowest BCUT2D eigenvalue weighted by Crippen LogP contribution is -2.37. The van der Waals surface area contributed by atoms with Crippen molar-refractivity contribution in [1.29, 1.82) is 0 Å². The van der Waals surface area contributed by atoms with Crippen molar-refractivity contribution < 1.29 is 19.5 Å². The van der Waals surface area contributed by atoms with Gasteiger partial charge in [-0.3, -0.25) is 14.4 Å². The minimum absolute atomic E-state index is 0.193. The first-order chi connectivity index (χ1) is 9.35. The molecule has 1 aromatic carbocycles. The minimum atomic E-state index is -1.20. The van der Waals surface area contributed by atoms with E-state index < -0.39 is 24.3 Å². The number of rotatable bonds is 5. The SMILES string of the molecule is CNC(=O)c1ccc(Cl)c(NC(=O)C(N)CC(=O)O)c1. The van der Waals surface area contributed by atoms with E-state index in [1.807, 2.05) is 0 Å². The molecule has 0 radical (unpaired) electrons. The van der Waals surface area contributed by atoms with E-state index in [9.17, 15) is 14.4 Å². The molecule has 0 aliphatic rings. The molecular weight excluding hydrogens is 286 g/mol. The van der Waals surface area contributed by atoms with Crippen LogP contribution in [0.4, 0.5) is 5.69 Å². The van der Waals surface area contributed by atoms with Crippen molar-refractivity contribution in [1.82, 2.24) is 5.32 Å². The average Bonchev–Trinajstić information content (AvgIpc) is 2.39. The van der Waals surface area contributed by atoms with Gasteiger partial charge in [0.1, 0.15) is 0 Å². The number of amides is 2. The molecule has 1 aromatic rings. The average molecular weight is 300 g/mol. The van der Waals surface area contributed by atoms with Gasteiger partial charge in [0.05, 0.1) is 23.2 Å². The lowest BCUT2D eigenvalue weighted by atomic mass is 10.1. The standard InChI is InChI=1S/C12H14ClN3O4/c1-15-11(19)6-2-3-7(13)9(4-6)16-12(20)8(14)5-10(17)18/h2-4,8H,5,14H2,1H3,(H,15,19)(H,16,20)(H,17,18). The van der Waals surface area contributed by atoms with Gasteiger partial charge in [-0.2, -0.15) is 0 Å². The van der Waals surface area contributed by atoms with Crippen molar-refractivity contribution in [3.63, 3.8) is 0 Å². The third kappa shape index (κ3) is 4.22. The first kappa shape index (κ1) is 15.9. The van der Waals surface area contributed by atoms with Crippen molar-refractivity contribution in [2.45, 2.75) is 12.5 Å². The second-order valence-corrected chi connectivity index (χ2v) is 4.37. The third-order valence-corrected chi connectivity index (χ3v) is 2.77. The van der Waals surface area contributed by atoms with Gasteiger partial charge in [-0.25, -0.2) is 0 Å². The maximum Gasteiger partial charge on any atom is 0.305 e. The molecule has 1 rings (SSSR count). The van der Waals surface area contributed by atoms with Crippen molar-refractivity contribution in [2.24, 2.45) is 5.73 Å². The van der Waals surface area contributed by atoms with E-state index in [1.165, 1.54) is 25.2 Å². The zero-order valence-electron chi connectivity index (χ0n) is 10.6. The number of halogens is 1. The van der Waals surface area contributed by atoms with E-state index in [2.05, 4.69) is 10.6 Å². The summed E-state index contributed by atoms with van der Waals surface area (Å²) in [6, 6.07) is 3.12. The van der Waals surface area contributed by atoms with E-state index in [0.29, 0.717) is 5.56 Å². The number of carboxylic acid groups (broad SMARTS) is 1. The Hall–Kier alpha value is -2.12. The largest absolute Gasteiger partial charge is 0.481 e. The van der Waals surface area contributed by atoms with E-state index in [4.69, 9.17) is 22.4 Å². The number of aliphatic carboxylic acids is 1. The van der Waals surface area contributed by atoms with Gasteiger partial charge in [-0.15, -0.1) is 0 Å². The molecule has 1 atom stereocenters. The zero-order chi connectivity index (χ0) is 15.3. The number of anilines is 1. The van der Waals surface area contributed by atoms with Crippen LogP contribution in [0.3, 0.4) is 0 Å². The molecule has 7 nitrogen and oxygen atoms in total. The Balaban J connectivity index is 2.88. The lowest BCUT2D eigenvalue weighted by Gasteiger charge is -2.12. The molecule has 0 aliphatic carbocycles. The Bertz CT molecular complexity index is 548. The Kier molecular flexibility index (Phi) is 5.48. The molecule has 2 amide bonds. The van der Waals surface area contributed by atoms with Crippen LogP contribution in [0.15, 0.2) is 18.2 Å². The summed E-state index contributed by atoms with van der Waals surface area (Å²) in [6.07, 6.45) is -0.501. The summed E-state index contributed by atoms with van der Waals surface area (Å²) in [4.78, 5) is 33.6. The quantitative estimate of drug-likeness (QED) is 0.628. The molecule has 0 aromatic heterocycles. The van der Waals surface area contributed by atoms with E-state index in [-0.39, 0.29) is 16.6 Å². The number of hydrogen-bond acceptors (Lipinski definition) is 4. The van der Waals surface area contributed by atoms with Crippen LogP contribution >= 0.6 is 11.6 Å². The summed E-state index contributed by atoms with van der Waals surface area (Å²) < 4.78 is 0. The smallest absolute Gasteiger partial charge is 0.305 e. The second kappa shape index (κ2) is 6.88. The fourth-order valence-corrected chi connectivity index (χ4v) is 1.58. The van der Waals surface area contributed by atoms with Crippen molar-refractivity contribution in [3.05, 3.63) is 28.8 Å². The number of carbonyl (C=O) groups is 3. The molecule has 0 spiro atoms. The number of carbonyl (C=O) groups excluding carboxylic acids is 2. The highest BCUT2D eigenvalue weighted by atomic mass is 35.5. The molecule has 0 fully saturated rings. The molecule has 1 unspecified atom stereocenters. The Morgan fingerprint density at radius 3 is 2.60 bits per heavy atom. The molecule has 0 saturated carbocycles.